The lowest BCUT2D eigenvalue weighted by Crippen LogP contribution is -2.17. The van der Waals surface area contributed by atoms with Gasteiger partial charge in [-0.3, -0.25) is 9.11 Å². The van der Waals surface area contributed by atoms with Crippen LogP contribution in [-0.2, 0) is 20.2 Å². The Balaban J connectivity index is -0.000000153. The lowest BCUT2D eigenvalue weighted by molar-refractivity contribution is 0.281. The molecule has 12 heteroatoms. The first-order chi connectivity index (χ1) is 12.0. The minimum absolute atomic E-state index is 0. The van der Waals surface area contributed by atoms with Gasteiger partial charge in [0.05, 0.1) is 11.5 Å². The van der Waals surface area contributed by atoms with Gasteiger partial charge in [0.1, 0.15) is 0 Å². The average Bonchev–Trinajstić information content (AvgIpc) is 2.49. The summed E-state index contributed by atoms with van der Waals surface area (Å²) in [6.07, 6.45) is 6.20. The van der Waals surface area contributed by atoms with Gasteiger partial charge in [0.25, 0.3) is 20.2 Å². The molecule has 0 radical (unpaired) electrons. The number of hydrogen-bond donors (Lipinski definition) is 5. The highest BCUT2D eigenvalue weighted by atomic mass is 35.5. The van der Waals surface area contributed by atoms with Crippen molar-refractivity contribution in [3.8, 4) is 0 Å². The maximum atomic E-state index is 9.79. The molecule has 0 aliphatic carbocycles. The Bertz CT molecular complexity index is 428. The molecule has 0 aromatic rings. The molecule has 0 spiro atoms. The van der Waals surface area contributed by atoms with E-state index in [1.54, 1.807) is 13.8 Å². The largest absolute Gasteiger partial charge is 0.396 e. The Morgan fingerprint density at radius 2 is 1.04 bits per heavy atom. The molecule has 0 heterocycles. The number of aliphatic hydroxyl groups excluding tert-OH is 2. The second-order valence-electron chi connectivity index (χ2n) is 5.54. The number of hydrogen-bond acceptors (Lipinski definition) is 7. The SMILES string of the molecule is CCCS(=O)(=O)O.CCCS(=O)(=O)O.Cl.OCCCCCCNCCCO. The Labute approximate surface area is 170 Å². The van der Waals surface area contributed by atoms with Crippen molar-refractivity contribution in [2.75, 3.05) is 37.8 Å². The summed E-state index contributed by atoms with van der Waals surface area (Å²) in [6.45, 7) is 5.92. The molecular weight excluding hydrogens is 422 g/mol. The van der Waals surface area contributed by atoms with E-state index in [0.29, 0.717) is 19.4 Å². The minimum Gasteiger partial charge on any atom is -0.396 e. The molecule has 0 fully saturated rings. The lowest BCUT2D eigenvalue weighted by Gasteiger charge is -2.02. The molecule has 0 atom stereocenters. The first-order valence-electron chi connectivity index (χ1n) is 8.86. The first kappa shape index (κ1) is 34.5. The van der Waals surface area contributed by atoms with Crippen LogP contribution in [0.25, 0.3) is 0 Å². The van der Waals surface area contributed by atoms with Crippen molar-refractivity contribution in [1.29, 1.82) is 0 Å². The van der Waals surface area contributed by atoms with Gasteiger partial charge < -0.3 is 15.5 Å². The van der Waals surface area contributed by atoms with Crippen molar-refractivity contribution >= 4 is 32.6 Å². The summed E-state index contributed by atoms with van der Waals surface area (Å²) >= 11 is 0. The zero-order chi connectivity index (χ0) is 20.9. The van der Waals surface area contributed by atoms with Crippen LogP contribution in [0.5, 0.6) is 0 Å². The van der Waals surface area contributed by atoms with E-state index in [9.17, 15) is 16.8 Å². The molecule has 0 aliphatic rings. The Hall–Kier alpha value is -0.0100. The number of unbranched alkanes of at least 4 members (excludes halogenated alkanes) is 3. The van der Waals surface area contributed by atoms with E-state index in [1.807, 2.05) is 0 Å². The van der Waals surface area contributed by atoms with Gasteiger partial charge in [-0.25, -0.2) is 0 Å². The molecule has 0 unspecified atom stereocenters. The Morgan fingerprint density at radius 3 is 1.33 bits per heavy atom. The van der Waals surface area contributed by atoms with E-state index >= 15 is 0 Å². The van der Waals surface area contributed by atoms with E-state index in [2.05, 4.69) is 5.32 Å². The van der Waals surface area contributed by atoms with E-state index in [4.69, 9.17) is 19.3 Å². The summed E-state index contributed by atoms with van der Waals surface area (Å²) in [5, 5.41) is 20.2. The van der Waals surface area contributed by atoms with Crippen LogP contribution in [0.4, 0.5) is 0 Å². The van der Waals surface area contributed by atoms with Crippen molar-refractivity contribution in [2.45, 2.75) is 58.8 Å². The summed E-state index contributed by atoms with van der Waals surface area (Å²) in [7, 11) is -7.35. The van der Waals surface area contributed by atoms with Crippen molar-refractivity contribution in [3.63, 3.8) is 0 Å². The minimum atomic E-state index is -3.67. The molecule has 0 rings (SSSR count). The van der Waals surface area contributed by atoms with Crippen LogP contribution < -0.4 is 5.32 Å². The monoisotopic (exact) mass is 459 g/mol. The third-order valence-corrected chi connectivity index (χ3v) is 4.55. The highest BCUT2D eigenvalue weighted by Gasteiger charge is 1.98. The van der Waals surface area contributed by atoms with Crippen molar-refractivity contribution in [2.24, 2.45) is 0 Å². The summed E-state index contributed by atoms with van der Waals surface area (Å²) < 4.78 is 55.1. The normalized spacial score (nSPS) is 10.7. The van der Waals surface area contributed by atoms with Gasteiger partial charge >= 0.3 is 0 Å². The predicted octanol–water partition coefficient (Wildman–Crippen LogP) is 1.50. The number of halogens is 1. The van der Waals surface area contributed by atoms with Gasteiger partial charge in [0, 0.05) is 13.2 Å². The van der Waals surface area contributed by atoms with E-state index in [0.717, 1.165) is 32.4 Å². The zero-order valence-corrected chi connectivity index (χ0v) is 18.8. The topological polar surface area (TPSA) is 161 Å². The molecular formula is C15H38ClNO8S2. The van der Waals surface area contributed by atoms with E-state index in [1.165, 1.54) is 12.8 Å². The van der Waals surface area contributed by atoms with Gasteiger partial charge in [-0.15, -0.1) is 12.4 Å². The first-order valence-corrected chi connectivity index (χ1v) is 12.1. The molecule has 0 amide bonds. The molecule has 170 valence electrons. The second kappa shape index (κ2) is 24.0. The van der Waals surface area contributed by atoms with Crippen molar-refractivity contribution in [1.82, 2.24) is 5.32 Å². The fraction of sp³-hybridized carbons (Fsp3) is 1.00. The van der Waals surface area contributed by atoms with Gasteiger partial charge in [0.2, 0.25) is 0 Å². The van der Waals surface area contributed by atoms with E-state index < -0.39 is 20.2 Å². The fourth-order valence-corrected chi connectivity index (χ4v) is 2.59. The molecule has 0 aromatic heterocycles. The molecule has 0 aromatic carbocycles. The van der Waals surface area contributed by atoms with Crippen LogP contribution in [0.3, 0.4) is 0 Å². The molecule has 0 bridgehead atoms. The van der Waals surface area contributed by atoms with Gasteiger partial charge in [0.15, 0.2) is 0 Å². The number of nitrogens with one attached hydrogen (secondary N) is 1. The van der Waals surface area contributed by atoms with Gasteiger partial charge in [-0.1, -0.05) is 26.7 Å². The van der Waals surface area contributed by atoms with Gasteiger partial charge in [-0.05, 0) is 45.2 Å². The maximum absolute atomic E-state index is 9.79. The molecule has 27 heavy (non-hydrogen) atoms. The maximum Gasteiger partial charge on any atom is 0.264 e. The highest BCUT2D eigenvalue weighted by molar-refractivity contribution is 7.86. The highest BCUT2D eigenvalue weighted by Crippen LogP contribution is 1.97. The number of aliphatic hydroxyl groups is 2. The summed E-state index contributed by atoms with van der Waals surface area (Å²) in [5.74, 6) is -0.264. The fourth-order valence-electron chi connectivity index (χ4n) is 1.56. The van der Waals surface area contributed by atoms with Crippen LogP contribution in [0, 0.1) is 0 Å². The Morgan fingerprint density at radius 1 is 0.667 bits per heavy atom. The molecule has 0 aliphatic heterocycles. The van der Waals surface area contributed by atoms with Crippen LogP contribution in [0.1, 0.15) is 58.8 Å². The predicted molar refractivity (Wildman–Crippen MR) is 111 cm³/mol. The zero-order valence-electron chi connectivity index (χ0n) is 16.3. The summed E-state index contributed by atoms with van der Waals surface area (Å²) in [4.78, 5) is 0. The third-order valence-electron chi connectivity index (χ3n) is 2.70. The van der Waals surface area contributed by atoms with Crippen LogP contribution >= 0.6 is 12.4 Å². The van der Waals surface area contributed by atoms with E-state index in [-0.39, 0.29) is 30.5 Å². The number of rotatable bonds is 13. The lowest BCUT2D eigenvalue weighted by atomic mass is 10.2. The molecule has 9 nitrogen and oxygen atoms in total. The average molecular weight is 460 g/mol. The standard InChI is InChI=1S/C9H21NO2.2C3H8O3S.ClH/c11-8-4-2-1-3-6-10-7-5-9-12;2*1-2-3-7(4,5)6;/h10-12H,1-9H2;2*2-3H2,1H3,(H,4,5,6);1H. The third kappa shape index (κ3) is 51.8. The Kier molecular flexibility index (Phi) is 30.7. The smallest absolute Gasteiger partial charge is 0.264 e. The van der Waals surface area contributed by atoms with Crippen molar-refractivity contribution < 1.29 is 36.2 Å². The van der Waals surface area contributed by atoms with Crippen LogP contribution in [0.15, 0.2) is 0 Å². The summed E-state index contributed by atoms with van der Waals surface area (Å²) in [6, 6.07) is 0. The van der Waals surface area contributed by atoms with Crippen LogP contribution in [-0.4, -0.2) is 74.0 Å². The van der Waals surface area contributed by atoms with Gasteiger partial charge in [-0.2, -0.15) is 16.8 Å². The second-order valence-corrected chi connectivity index (χ2v) is 8.68. The molecule has 0 saturated carbocycles. The molecule has 0 saturated heterocycles. The molecule has 5 N–H and O–H groups in total. The van der Waals surface area contributed by atoms with Crippen molar-refractivity contribution in [3.05, 3.63) is 0 Å². The van der Waals surface area contributed by atoms with Crippen LogP contribution in [0.2, 0.25) is 0 Å². The quantitative estimate of drug-likeness (QED) is 0.203. The summed E-state index contributed by atoms with van der Waals surface area (Å²) in [5.41, 5.74) is 0.